The van der Waals surface area contributed by atoms with Crippen LogP contribution in [0.5, 0.6) is 0 Å². The lowest BCUT2D eigenvalue weighted by atomic mass is 10.2. The second kappa shape index (κ2) is 8.83. The lowest BCUT2D eigenvalue weighted by molar-refractivity contribution is -0.289. The smallest absolute Gasteiger partial charge is 0.356 e. The van der Waals surface area contributed by atoms with Crippen LogP contribution in [0.4, 0.5) is 26.3 Å². The van der Waals surface area contributed by atoms with Gasteiger partial charge in [0.1, 0.15) is 0 Å². The van der Waals surface area contributed by atoms with Gasteiger partial charge in [0.25, 0.3) is 20.2 Å². The van der Waals surface area contributed by atoms with Gasteiger partial charge in [0.15, 0.2) is 12.2 Å². The summed E-state index contributed by atoms with van der Waals surface area (Å²) in [6, 6.07) is 0. The van der Waals surface area contributed by atoms with Gasteiger partial charge in [-0.1, -0.05) is 0 Å². The Kier molecular flexibility index (Phi) is 8.61. The van der Waals surface area contributed by atoms with E-state index in [0.717, 1.165) is 0 Å². The van der Waals surface area contributed by atoms with Gasteiger partial charge in [-0.25, -0.2) is 0 Å². The highest BCUT2D eigenvalue weighted by Crippen LogP contribution is 2.32. The molecule has 0 bridgehead atoms. The topological polar surface area (TPSA) is 96.0 Å². The van der Waals surface area contributed by atoms with E-state index in [9.17, 15) is 43.2 Å². The van der Waals surface area contributed by atoms with E-state index in [1.807, 2.05) is 0 Å². The summed E-state index contributed by atoms with van der Waals surface area (Å²) in [6.45, 7) is -2.10. The zero-order valence-corrected chi connectivity index (χ0v) is 14.6. The van der Waals surface area contributed by atoms with Crippen LogP contribution in [0, 0.1) is 0 Å². The van der Waals surface area contributed by atoms with Crippen molar-refractivity contribution < 1.29 is 56.3 Å². The fourth-order valence-corrected chi connectivity index (χ4v) is 2.23. The molecule has 0 aromatic heterocycles. The normalized spacial score (nSPS) is 16.6. The van der Waals surface area contributed by atoms with Crippen molar-refractivity contribution in [3.05, 3.63) is 0 Å². The third-order valence-corrected chi connectivity index (χ3v) is 3.60. The first-order chi connectivity index (χ1) is 10.9. The Hall–Kier alpha value is -0.640. The van der Waals surface area contributed by atoms with Gasteiger partial charge in [0.05, 0.1) is 25.7 Å². The van der Waals surface area contributed by atoms with Gasteiger partial charge in [0, 0.05) is 12.8 Å². The number of alkyl halides is 6. The molecule has 0 saturated carbocycles. The van der Waals surface area contributed by atoms with Crippen LogP contribution in [0.25, 0.3) is 0 Å². The van der Waals surface area contributed by atoms with Crippen LogP contribution in [0.1, 0.15) is 12.8 Å². The van der Waals surface area contributed by atoms with Crippen LogP contribution in [-0.2, 0) is 33.3 Å². The molecule has 0 radical (unpaired) electrons. The van der Waals surface area contributed by atoms with Crippen LogP contribution in [0.3, 0.4) is 0 Å². The Bertz CT molecular complexity index is 557. The molecule has 0 aromatic carbocycles. The number of halogens is 6. The Balaban J connectivity index is 5.01. The molecule has 7 nitrogen and oxygen atoms in total. The molecule has 15 heteroatoms. The molecule has 0 heterocycles. The molecule has 2 unspecified atom stereocenters. The Labute approximate surface area is 140 Å². The monoisotopic (exact) mass is 426 g/mol. The van der Waals surface area contributed by atoms with E-state index in [0.29, 0.717) is 12.5 Å². The largest absolute Gasteiger partial charge is 0.414 e. The standard InChI is InChI=1S/C10H16F6O7S2/c1-24(17,18)21-5-3-7(9(11,12)13)23-8(10(14,15)16)4-6-22-25(2,19)20/h7-8H,3-6H2,1-2H3. The van der Waals surface area contributed by atoms with Crippen LogP contribution in [0.15, 0.2) is 0 Å². The quantitative estimate of drug-likeness (QED) is 0.387. The summed E-state index contributed by atoms with van der Waals surface area (Å²) in [7, 11) is -8.17. The van der Waals surface area contributed by atoms with Gasteiger partial charge in [-0.2, -0.15) is 43.2 Å². The predicted molar refractivity (Wildman–Crippen MR) is 71.6 cm³/mol. The molecule has 0 aliphatic heterocycles. The summed E-state index contributed by atoms with van der Waals surface area (Å²) in [5.41, 5.74) is 0. The van der Waals surface area contributed by atoms with Crippen molar-refractivity contribution in [1.82, 2.24) is 0 Å². The molecule has 0 aromatic rings. The summed E-state index contributed by atoms with van der Waals surface area (Å²) >= 11 is 0. The maximum Gasteiger partial charge on any atom is 0.414 e. The van der Waals surface area contributed by atoms with Crippen molar-refractivity contribution in [1.29, 1.82) is 0 Å². The average Bonchev–Trinajstić information content (AvgIpc) is 2.30. The Morgan fingerprint density at radius 3 is 1.20 bits per heavy atom. The van der Waals surface area contributed by atoms with E-state index in [1.54, 1.807) is 0 Å². The number of ether oxygens (including phenoxy) is 1. The van der Waals surface area contributed by atoms with Crippen molar-refractivity contribution >= 4 is 20.2 Å². The molecule has 0 spiro atoms. The molecule has 2 atom stereocenters. The Morgan fingerprint density at radius 1 is 0.720 bits per heavy atom. The summed E-state index contributed by atoms with van der Waals surface area (Å²) < 4.78 is 131. The SMILES string of the molecule is CS(=O)(=O)OCCC(OC(CCOS(C)(=O)=O)C(F)(F)F)C(F)(F)F. The molecule has 0 aliphatic carbocycles. The Morgan fingerprint density at radius 2 is 1.00 bits per heavy atom. The summed E-state index contributed by atoms with van der Waals surface area (Å²) in [5, 5.41) is 0. The minimum Gasteiger partial charge on any atom is -0.356 e. The van der Waals surface area contributed by atoms with Crippen molar-refractivity contribution in [3.8, 4) is 0 Å². The molecule has 0 amide bonds. The second-order valence-corrected chi connectivity index (χ2v) is 8.11. The van der Waals surface area contributed by atoms with E-state index in [1.165, 1.54) is 0 Å². The van der Waals surface area contributed by atoms with Crippen molar-refractivity contribution in [2.75, 3.05) is 25.7 Å². The fraction of sp³-hybridized carbons (Fsp3) is 1.00. The van der Waals surface area contributed by atoms with Crippen molar-refractivity contribution in [3.63, 3.8) is 0 Å². The van der Waals surface area contributed by atoms with Crippen LogP contribution >= 0.6 is 0 Å². The number of rotatable bonds is 10. The maximum atomic E-state index is 12.8. The third kappa shape index (κ3) is 12.4. The van der Waals surface area contributed by atoms with Gasteiger partial charge in [-0.3, -0.25) is 8.37 Å². The summed E-state index contributed by atoms with van der Waals surface area (Å²) in [6.07, 6.45) is -17.7. The van der Waals surface area contributed by atoms with Crippen molar-refractivity contribution in [2.45, 2.75) is 37.4 Å². The zero-order valence-electron chi connectivity index (χ0n) is 12.9. The van der Waals surface area contributed by atoms with E-state index in [-0.39, 0.29) is 0 Å². The lowest BCUT2D eigenvalue weighted by Crippen LogP contribution is -2.42. The van der Waals surface area contributed by atoms with Crippen LogP contribution in [-0.4, -0.2) is 67.1 Å². The summed E-state index contributed by atoms with van der Waals surface area (Å²) in [5.74, 6) is 0. The van der Waals surface area contributed by atoms with E-state index in [4.69, 9.17) is 0 Å². The van der Waals surface area contributed by atoms with Crippen molar-refractivity contribution in [2.24, 2.45) is 0 Å². The second-order valence-electron chi connectivity index (χ2n) is 4.83. The molecule has 152 valence electrons. The first kappa shape index (κ1) is 24.4. The molecule has 0 aliphatic rings. The first-order valence-corrected chi connectivity index (χ1v) is 10.0. The van der Waals surface area contributed by atoms with Gasteiger partial charge in [-0.05, 0) is 0 Å². The highest BCUT2D eigenvalue weighted by atomic mass is 32.2. The minimum atomic E-state index is -5.23. The van der Waals surface area contributed by atoms with Crippen LogP contribution < -0.4 is 0 Å². The van der Waals surface area contributed by atoms with Gasteiger partial charge in [0.2, 0.25) is 0 Å². The van der Waals surface area contributed by atoms with Gasteiger partial charge >= 0.3 is 12.4 Å². The predicted octanol–water partition coefficient (Wildman–Crippen LogP) is 1.60. The molecule has 0 N–H and O–H groups in total. The summed E-state index contributed by atoms with van der Waals surface area (Å²) in [4.78, 5) is 0. The highest BCUT2D eigenvalue weighted by Gasteiger charge is 2.48. The third-order valence-electron chi connectivity index (χ3n) is 2.41. The van der Waals surface area contributed by atoms with E-state index < -0.39 is 70.9 Å². The molecule has 0 saturated heterocycles. The van der Waals surface area contributed by atoms with Gasteiger partial charge < -0.3 is 4.74 Å². The zero-order chi connectivity index (χ0) is 20.1. The average molecular weight is 426 g/mol. The lowest BCUT2D eigenvalue weighted by Gasteiger charge is -2.27. The molecule has 0 fully saturated rings. The van der Waals surface area contributed by atoms with E-state index in [2.05, 4.69) is 13.1 Å². The molecular weight excluding hydrogens is 410 g/mol. The highest BCUT2D eigenvalue weighted by molar-refractivity contribution is 7.86. The molecule has 25 heavy (non-hydrogen) atoms. The maximum absolute atomic E-state index is 12.8. The molecular formula is C10H16F6O7S2. The van der Waals surface area contributed by atoms with Crippen LogP contribution in [0.2, 0.25) is 0 Å². The first-order valence-electron chi connectivity index (χ1n) is 6.39. The fourth-order valence-electron chi connectivity index (χ4n) is 1.43. The number of hydrogen-bond acceptors (Lipinski definition) is 7. The minimum absolute atomic E-state index is 0.553. The molecule has 0 rings (SSSR count). The van der Waals surface area contributed by atoms with Gasteiger partial charge in [-0.15, -0.1) is 0 Å². The van der Waals surface area contributed by atoms with E-state index >= 15 is 0 Å². The number of hydrogen-bond donors (Lipinski definition) is 0.